The maximum Gasteiger partial charge on any atom is 0.245 e. The molecule has 5 nitrogen and oxygen atoms in total. The van der Waals surface area contributed by atoms with Gasteiger partial charge >= 0.3 is 0 Å². The maximum atomic E-state index is 4.66. The topological polar surface area (TPSA) is 45.5 Å². The Labute approximate surface area is 120 Å². The first-order chi connectivity index (χ1) is 9.72. The SMILES string of the molecule is CC(C)CN(CC1CCCN1)c1nc2ccccn2n1. The first-order valence-electron chi connectivity index (χ1n) is 7.52. The highest BCUT2D eigenvalue weighted by molar-refractivity contribution is 5.44. The second-order valence-corrected chi connectivity index (χ2v) is 6.01. The molecule has 3 heterocycles. The summed E-state index contributed by atoms with van der Waals surface area (Å²) >= 11 is 0. The van der Waals surface area contributed by atoms with E-state index in [1.807, 2.05) is 28.9 Å². The van der Waals surface area contributed by atoms with Gasteiger partial charge in [-0.3, -0.25) is 0 Å². The molecule has 2 aromatic rings. The third-order valence-electron chi connectivity index (χ3n) is 3.70. The van der Waals surface area contributed by atoms with E-state index in [-0.39, 0.29) is 0 Å². The van der Waals surface area contributed by atoms with Gasteiger partial charge in [0.05, 0.1) is 0 Å². The van der Waals surface area contributed by atoms with E-state index in [0.717, 1.165) is 31.2 Å². The van der Waals surface area contributed by atoms with E-state index in [0.29, 0.717) is 12.0 Å². The zero-order valence-corrected chi connectivity index (χ0v) is 12.3. The highest BCUT2D eigenvalue weighted by Crippen LogP contribution is 2.15. The molecule has 1 unspecified atom stereocenters. The fraction of sp³-hybridized carbons (Fsp3) is 0.600. The Bertz CT molecular complexity index is 523. The predicted molar refractivity (Wildman–Crippen MR) is 81.1 cm³/mol. The van der Waals surface area contributed by atoms with Crippen LogP contribution in [0.2, 0.25) is 0 Å². The van der Waals surface area contributed by atoms with Crippen LogP contribution in [0.15, 0.2) is 24.4 Å². The molecular formula is C15H23N5. The van der Waals surface area contributed by atoms with Crippen molar-refractivity contribution in [1.82, 2.24) is 19.9 Å². The van der Waals surface area contributed by atoms with Crippen LogP contribution in [0.25, 0.3) is 5.65 Å². The van der Waals surface area contributed by atoms with Gasteiger partial charge in [0, 0.05) is 25.3 Å². The van der Waals surface area contributed by atoms with Crippen LogP contribution in [0.5, 0.6) is 0 Å². The van der Waals surface area contributed by atoms with E-state index in [1.54, 1.807) is 0 Å². The third kappa shape index (κ3) is 2.93. The van der Waals surface area contributed by atoms with Gasteiger partial charge in [-0.1, -0.05) is 19.9 Å². The number of aromatic nitrogens is 3. The summed E-state index contributed by atoms with van der Waals surface area (Å²) in [6.45, 7) is 7.61. The van der Waals surface area contributed by atoms with Crippen LogP contribution in [-0.4, -0.2) is 40.3 Å². The van der Waals surface area contributed by atoms with E-state index in [4.69, 9.17) is 0 Å². The summed E-state index contributed by atoms with van der Waals surface area (Å²) in [5.41, 5.74) is 0.913. The minimum atomic E-state index is 0.570. The lowest BCUT2D eigenvalue weighted by Crippen LogP contribution is -2.40. The van der Waals surface area contributed by atoms with E-state index >= 15 is 0 Å². The predicted octanol–water partition coefficient (Wildman–Crippen LogP) is 1.94. The molecule has 1 saturated heterocycles. The quantitative estimate of drug-likeness (QED) is 0.904. The van der Waals surface area contributed by atoms with Crippen LogP contribution >= 0.6 is 0 Å². The third-order valence-corrected chi connectivity index (χ3v) is 3.70. The highest BCUT2D eigenvalue weighted by Gasteiger charge is 2.21. The molecule has 108 valence electrons. The van der Waals surface area contributed by atoms with Crippen molar-refractivity contribution in [2.24, 2.45) is 5.92 Å². The highest BCUT2D eigenvalue weighted by atomic mass is 15.4. The lowest BCUT2D eigenvalue weighted by Gasteiger charge is -2.26. The van der Waals surface area contributed by atoms with Crippen molar-refractivity contribution < 1.29 is 0 Å². The first-order valence-corrected chi connectivity index (χ1v) is 7.52. The lowest BCUT2D eigenvalue weighted by molar-refractivity contribution is 0.534. The molecule has 1 fully saturated rings. The van der Waals surface area contributed by atoms with Gasteiger partial charge < -0.3 is 10.2 Å². The van der Waals surface area contributed by atoms with Crippen molar-refractivity contribution >= 4 is 11.6 Å². The van der Waals surface area contributed by atoms with Crippen molar-refractivity contribution in [3.63, 3.8) is 0 Å². The zero-order chi connectivity index (χ0) is 13.9. The number of nitrogens with zero attached hydrogens (tertiary/aromatic N) is 4. The van der Waals surface area contributed by atoms with Gasteiger partial charge in [0.15, 0.2) is 5.65 Å². The fourth-order valence-corrected chi connectivity index (χ4v) is 2.81. The minimum absolute atomic E-state index is 0.570. The standard InChI is InChI=1S/C15H23N5/c1-12(2)10-19(11-13-6-5-8-16-13)15-17-14-7-3-4-9-20(14)18-15/h3-4,7,9,12-13,16H,5-6,8,10-11H2,1-2H3. The molecule has 1 aliphatic rings. The van der Waals surface area contributed by atoms with E-state index in [2.05, 4.69) is 34.1 Å². The molecule has 0 amide bonds. The molecular weight excluding hydrogens is 250 g/mol. The van der Waals surface area contributed by atoms with Gasteiger partial charge in [0.25, 0.3) is 0 Å². The molecule has 1 atom stereocenters. The van der Waals surface area contributed by atoms with Gasteiger partial charge in [0.2, 0.25) is 5.95 Å². The summed E-state index contributed by atoms with van der Waals surface area (Å²) in [5, 5.41) is 8.17. The van der Waals surface area contributed by atoms with Crippen molar-refractivity contribution in [1.29, 1.82) is 0 Å². The number of fused-ring (bicyclic) bond motifs is 1. The Morgan fingerprint density at radius 2 is 2.35 bits per heavy atom. The van der Waals surface area contributed by atoms with Gasteiger partial charge in [0.1, 0.15) is 0 Å². The monoisotopic (exact) mass is 273 g/mol. The second kappa shape index (κ2) is 5.79. The number of nitrogens with one attached hydrogen (secondary N) is 1. The molecule has 2 aromatic heterocycles. The maximum absolute atomic E-state index is 4.66. The Morgan fingerprint density at radius 3 is 3.05 bits per heavy atom. The van der Waals surface area contributed by atoms with Crippen LogP contribution in [-0.2, 0) is 0 Å². The molecule has 0 saturated carbocycles. The Balaban J connectivity index is 1.82. The summed E-state index contributed by atoms with van der Waals surface area (Å²) < 4.78 is 1.85. The van der Waals surface area contributed by atoms with Gasteiger partial charge in [-0.15, -0.1) is 5.10 Å². The summed E-state index contributed by atoms with van der Waals surface area (Å²) in [7, 11) is 0. The van der Waals surface area contributed by atoms with Crippen LogP contribution in [0.4, 0.5) is 5.95 Å². The van der Waals surface area contributed by atoms with Gasteiger partial charge in [-0.25, -0.2) is 4.52 Å². The molecule has 1 N–H and O–H groups in total. The number of rotatable bonds is 5. The molecule has 0 spiro atoms. The summed E-state index contributed by atoms with van der Waals surface area (Å²) in [4.78, 5) is 6.98. The smallest absolute Gasteiger partial charge is 0.245 e. The van der Waals surface area contributed by atoms with Crippen LogP contribution in [0.1, 0.15) is 26.7 Å². The summed E-state index contributed by atoms with van der Waals surface area (Å²) in [6.07, 6.45) is 4.48. The zero-order valence-electron chi connectivity index (χ0n) is 12.3. The van der Waals surface area contributed by atoms with Crippen molar-refractivity contribution in [3.05, 3.63) is 24.4 Å². The van der Waals surface area contributed by atoms with Crippen LogP contribution in [0, 0.1) is 5.92 Å². The Hall–Kier alpha value is -1.62. The van der Waals surface area contributed by atoms with Crippen LogP contribution in [0.3, 0.4) is 0 Å². The summed E-state index contributed by atoms with van der Waals surface area (Å²) in [6, 6.07) is 6.55. The molecule has 0 aromatic carbocycles. The van der Waals surface area contributed by atoms with E-state index in [1.165, 1.54) is 12.8 Å². The van der Waals surface area contributed by atoms with E-state index in [9.17, 15) is 0 Å². The Kier molecular flexibility index (Phi) is 3.87. The van der Waals surface area contributed by atoms with Crippen molar-refractivity contribution in [2.75, 3.05) is 24.5 Å². The number of anilines is 1. The average Bonchev–Trinajstić information content (AvgIpc) is 3.05. The van der Waals surface area contributed by atoms with E-state index < -0.39 is 0 Å². The van der Waals surface area contributed by atoms with Crippen molar-refractivity contribution in [3.8, 4) is 0 Å². The average molecular weight is 273 g/mol. The minimum Gasteiger partial charge on any atom is -0.338 e. The molecule has 0 bridgehead atoms. The Morgan fingerprint density at radius 1 is 1.45 bits per heavy atom. The molecule has 1 aliphatic heterocycles. The lowest BCUT2D eigenvalue weighted by atomic mass is 10.1. The molecule has 0 aliphatic carbocycles. The summed E-state index contributed by atoms with van der Waals surface area (Å²) in [5.74, 6) is 1.45. The number of hydrogen-bond acceptors (Lipinski definition) is 4. The number of hydrogen-bond donors (Lipinski definition) is 1. The molecule has 0 radical (unpaired) electrons. The van der Waals surface area contributed by atoms with Crippen LogP contribution < -0.4 is 10.2 Å². The van der Waals surface area contributed by atoms with Gasteiger partial charge in [-0.2, -0.15) is 4.98 Å². The van der Waals surface area contributed by atoms with Crippen molar-refractivity contribution in [2.45, 2.75) is 32.7 Å². The molecule has 5 heteroatoms. The fourth-order valence-electron chi connectivity index (χ4n) is 2.81. The van der Waals surface area contributed by atoms with Gasteiger partial charge in [-0.05, 0) is 37.4 Å². The molecule has 3 rings (SSSR count). The molecule has 20 heavy (non-hydrogen) atoms. The first kappa shape index (κ1) is 13.4. The largest absolute Gasteiger partial charge is 0.338 e. The normalized spacial score (nSPS) is 19.1. The second-order valence-electron chi connectivity index (χ2n) is 6.01. The number of pyridine rings is 1.